The SMILES string of the molecule is CN(C)S(=O)(=O)N1CCC[C@H](Cc2cnc(-c3ccn[nH]3)cn2)C1. The summed E-state index contributed by atoms with van der Waals surface area (Å²) in [5, 5.41) is 6.76. The predicted molar refractivity (Wildman–Crippen MR) is 90.2 cm³/mol. The molecule has 0 radical (unpaired) electrons. The van der Waals surface area contributed by atoms with E-state index in [9.17, 15) is 8.42 Å². The number of H-pyrrole nitrogens is 1. The Morgan fingerprint density at radius 1 is 1.33 bits per heavy atom. The maximum atomic E-state index is 12.3. The summed E-state index contributed by atoms with van der Waals surface area (Å²) >= 11 is 0. The van der Waals surface area contributed by atoms with Gasteiger partial charge in [-0.1, -0.05) is 0 Å². The van der Waals surface area contributed by atoms with E-state index in [0.29, 0.717) is 13.1 Å². The molecule has 0 unspecified atom stereocenters. The molecule has 0 amide bonds. The Morgan fingerprint density at radius 2 is 2.17 bits per heavy atom. The quantitative estimate of drug-likeness (QED) is 0.865. The van der Waals surface area contributed by atoms with Crippen LogP contribution in [0.2, 0.25) is 0 Å². The van der Waals surface area contributed by atoms with E-state index in [-0.39, 0.29) is 5.92 Å². The van der Waals surface area contributed by atoms with Crippen molar-refractivity contribution in [2.24, 2.45) is 5.92 Å². The Morgan fingerprint density at radius 3 is 2.79 bits per heavy atom. The molecule has 1 aliphatic heterocycles. The average molecular weight is 350 g/mol. The molecule has 0 spiro atoms. The zero-order valence-corrected chi connectivity index (χ0v) is 14.7. The minimum absolute atomic E-state index is 0.265. The maximum absolute atomic E-state index is 12.3. The number of nitrogens with one attached hydrogen (secondary N) is 1. The number of aromatic nitrogens is 4. The first kappa shape index (κ1) is 17.0. The van der Waals surface area contributed by atoms with Crippen LogP contribution in [-0.4, -0.2) is 64.4 Å². The van der Waals surface area contributed by atoms with Gasteiger partial charge in [-0.15, -0.1) is 0 Å². The van der Waals surface area contributed by atoms with Gasteiger partial charge in [0.1, 0.15) is 5.69 Å². The van der Waals surface area contributed by atoms with Crippen LogP contribution in [0.4, 0.5) is 0 Å². The van der Waals surface area contributed by atoms with Crippen LogP contribution in [-0.2, 0) is 16.6 Å². The van der Waals surface area contributed by atoms with Gasteiger partial charge < -0.3 is 0 Å². The van der Waals surface area contributed by atoms with Gasteiger partial charge in [-0.05, 0) is 31.2 Å². The van der Waals surface area contributed by atoms with Gasteiger partial charge in [0.2, 0.25) is 0 Å². The summed E-state index contributed by atoms with van der Waals surface area (Å²) in [6.45, 7) is 1.12. The molecule has 1 saturated heterocycles. The fourth-order valence-corrected chi connectivity index (χ4v) is 4.15. The van der Waals surface area contributed by atoms with Crippen molar-refractivity contribution in [2.75, 3.05) is 27.2 Å². The third-order valence-corrected chi connectivity index (χ3v) is 6.16. The second-order valence-electron chi connectivity index (χ2n) is 6.22. The fraction of sp³-hybridized carbons (Fsp3) is 0.533. The molecule has 3 rings (SSSR count). The molecular formula is C15H22N6O2S. The Kier molecular flexibility index (Phi) is 4.93. The molecule has 9 heteroatoms. The highest BCUT2D eigenvalue weighted by atomic mass is 32.2. The van der Waals surface area contributed by atoms with Crippen LogP contribution >= 0.6 is 0 Å². The van der Waals surface area contributed by atoms with Gasteiger partial charge >= 0.3 is 0 Å². The summed E-state index contributed by atoms with van der Waals surface area (Å²) < 4.78 is 27.4. The smallest absolute Gasteiger partial charge is 0.276 e. The van der Waals surface area contributed by atoms with E-state index in [2.05, 4.69) is 20.2 Å². The molecule has 0 bridgehead atoms. The molecule has 8 nitrogen and oxygen atoms in total. The molecule has 2 aromatic rings. The van der Waals surface area contributed by atoms with Gasteiger partial charge in [0.15, 0.2) is 0 Å². The first-order valence-corrected chi connectivity index (χ1v) is 9.35. The number of nitrogens with zero attached hydrogens (tertiary/aromatic N) is 5. The highest BCUT2D eigenvalue weighted by Gasteiger charge is 2.30. The van der Waals surface area contributed by atoms with Crippen LogP contribution in [0, 0.1) is 5.92 Å². The van der Waals surface area contributed by atoms with E-state index in [1.165, 1.54) is 4.31 Å². The van der Waals surface area contributed by atoms with Crippen molar-refractivity contribution in [2.45, 2.75) is 19.3 Å². The number of aromatic amines is 1. The second kappa shape index (κ2) is 6.96. The van der Waals surface area contributed by atoms with E-state index in [0.717, 1.165) is 36.3 Å². The van der Waals surface area contributed by atoms with E-state index in [1.807, 2.05) is 6.07 Å². The van der Waals surface area contributed by atoms with E-state index >= 15 is 0 Å². The number of hydrogen-bond donors (Lipinski definition) is 1. The van der Waals surface area contributed by atoms with E-state index in [4.69, 9.17) is 0 Å². The van der Waals surface area contributed by atoms with Crippen molar-refractivity contribution >= 4 is 10.2 Å². The lowest BCUT2D eigenvalue weighted by molar-refractivity contribution is 0.253. The van der Waals surface area contributed by atoms with Crippen LogP contribution in [0.1, 0.15) is 18.5 Å². The predicted octanol–water partition coefficient (Wildman–Crippen LogP) is 0.928. The van der Waals surface area contributed by atoms with Gasteiger partial charge in [-0.25, -0.2) is 0 Å². The zero-order chi connectivity index (χ0) is 17.2. The number of hydrogen-bond acceptors (Lipinski definition) is 5. The van der Waals surface area contributed by atoms with E-state index < -0.39 is 10.2 Å². The minimum Gasteiger partial charge on any atom is -0.276 e. The monoisotopic (exact) mass is 350 g/mol. The Labute approximate surface area is 142 Å². The highest BCUT2D eigenvalue weighted by molar-refractivity contribution is 7.86. The van der Waals surface area contributed by atoms with Crippen LogP contribution in [0.5, 0.6) is 0 Å². The Bertz CT molecular complexity index is 758. The largest absolute Gasteiger partial charge is 0.281 e. The molecule has 1 fully saturated rings. The molecule has 3 heterocycles. The van der Waals surface area contributed by atoms with Crippen LogP contribution in [0.25, 0.3) is 11.4 Å². The summed E-state index contributed by atoms with van der Waals surface area (Å²) in [4.78, 5) is 8.87. The summed E-state index contributed by atoms with van der Waals surface area (Å²) in [5.74, 6) is 0.265. The maximum Gasteiger partial charge on any atom is 0.281 e. The average Bonchev–Trinajstić information content (AvgIpc) is 3.10. The molecule has 1 N–H and O–H groups in total. The standard InChI is InChI=1S/C15H22N6O2S/c1-20(2)24(22,23)21-7-3-4-12(11-21)8-13-9-17-15(10-16-13)14-5-6-18-19-14/h5-6,9-10,12H,3-4,7-8,11H2,1-2H3,(H,18,19)/t12-/m1/s1. The van der Waals surface area contributed by atoms with Crippen molar-refractivity contribution in [3.05, 3.63) is 30.4 Å². The molecular weight excluding hydrogens is 328 g/mol. The molecule has 0 aliphatic carbocycles. The van der Waals surface area contributed by atoms with Gasteiger partial charge in [-0.2, -0.15) is 22.1 Å². The molecule has 24 heavy (non-hydrogen) atoms. The van der Waals surface area contributed by atoms with Crippen LogP contribution in [0.15, 0.2) is 24.7 Å². The van der Waals surface area contributed by atoms with Crippen LogP contribution in [0.3, 0.4) is 0 Å². The fourth-order valence-electron chi connectivity index (χ4n) is 2.93. The topological polar surface area (TPSA) is 95.1 Å². The molecule has 130 valence electrons. The third-order valence-electron chi connectivity index (χ3n) is 4.25. The third kappa shape index (κ3) is 3.63. The molecule has 1 aliphatic rings. The van der Waals surface area contributed by atoms with Crippen molar-refractivity contribution in [3.8, 4) is 11.4 Å². The molecule has 2 aromatic heterocycles. The summed E-state index contributed by atoms with van der Waals surface area (Å²) in [6, 6.07) is 1.84. The zero-order valence-electron chi connectivity index (χ0n) is 13.9. The molecule has 1 atom stereocenters. The van der Waals surface area contributed by atoms with Gasteiger partial charge in [-0.3, -0.25) is 15.1 Å². The lowest BCUT2D eigenvalue weighted by Crippen LogP contribution is -2.45. The Hall–Kier alpha value is -1.84. The van der Waals surface area contributed by atoms with Crippen molar-refractivity contribution < 1.29 is 8.42 Å². The first-order valence-electron chi connectivity index (χ1n) is 7.95. The molecule has 0 saturated carbocycles. The highest BCUT2D eigenvalue weighted by Crippen LogP contribution is 2.23. The first-order chi connectivity index (χ1) is 11.5. The number of rotatable bonds is 5. The summed E-state index contributed by atoms with van der Waals surface area (Å²) in [7, 11) is -0.206. The summed E-state index contributed by atoms with van der Waals surface area (Å²) in [6.07, 6.45) is 7.76. The van der Waals surface area contributed by atoms with Crippen LogP contribution < -0.4 is 0 Å². The van der Waals surface area contributed by atoms with Gasteiger partial charge in [0, 0.05) is 39.6 Å². The van der Waals surface area contributed by atoms with Crippen molar-refractivity contribution in [1.29, 1.82) is 0 Å². The second-order valence-corrected chi connectivity index (χ2v) is 8.37. The lowest BCUT2D eigenvalue weighted by Gasteiger charge is -2.33. The van der Waals surface area contributed by atoms with Gasteiger partial charge in [0.05, 0.1) is 17.6 Å². The van der Waals surface area contributed by atoms with Gasteiger partial charge in [0.25, 0.3) is 10.2 Å². The lowest BCUT2D eigenvalue weighted by atomic mass is 9.95. The van der Waals surface area contributed by atoms with E-state index in [1.54, 1.807) is 37.0 Å². The molecule has 0 aromatic carbocycles. The normalized spacial score (nSPS) is 19.7. The Balaban J connectivity index is 1.65. The van der Waals surface area contributed by atoms with Crippen molar-refractivity contribution in [3.63, 3.8) is 0 Å². The number of piperidine rings is 1. The van der Waals surface area contributed by atoms with Crippen molar-refractivity contribution in [1.82, 2.24) is 28.8 Å². The summed E-state index contributed by atoms with van der Waals surface area (Å²) in [5.41, 5.74) is 2.46. The minimum atomic E-state index is -3.34.